The predicted molar refractivity (Wildman–Crippen MR) is 158 cm³/mol. The number of carbonyl (C=O) groups excluding carboxylic acids is 3. The molecule has 0 aliphatic rings. The Hall–Kier alpha value is -4.66. The van der Waals surface area contributed by atoms with Gasteiger partial charge in [0.15, 0.2) is 0 Å². The lowest BCUT2D eigenvalue weighted by Gasteiger charge is -2.24. The zero-order valence-electron chi connectivity index (χ0n) is 23.5. The van der Waals surface area contributed by atoms with Crippen LogP contribution in [0, 0.1) is 5.92 Å². The molecular weight excluding hydrogens is 508 g/mol. The average molecular weight is 545 g/mol. The van der Waals surface area contributed by atoms with Crippen LogP contribution in [0.4, 0.5) is 21.0 Å². The summed E-state index contributed by atoms with van der Waals surface area (Å²) in [5.74, 6) is -0.717. The molecule has 0 radical (unpaired) electrons. The molecule has 0 saturated heterocycles. The number of aromatic nitrogens is 1. The Morgan fingerprint density at radius 2 is 1.73 bits per heavy atom. The van der Waals surface area contributed by atoms with Crippen molar-refractivity contribution in [3.05, 3.63) is 79.5 Å². The quantitative estimate of drug-likeness (QED) is 0.250. The number of methoxy groups -OCH3 is 1. The third-order valence-corrected chi connectivity index (χ3v) is 5.95. The summed E-state index contributed by atoms with van der Waals surface area (Å²) in [6, 6.07) is 14.1. The van der Waals surface area contributed by atoms with E-state index in [2.05, 4.69) is 29.1 Å². The molecule has 3 amide bonds. The summed E-state index contributed by atoms with van der Waals surface area (Å²) in [6.07, 6.45) is 2.45. The van der Waals surface area contributed by atoms with Crippen molar-refractivity contribution in [3.8, 4) is 11.1 Å². The normalized spacial score (nSPS) is 12.5. The summed E-state index contributed by atoms with van der Waals surface area (Å²) < 4.78 is 10.2. The van der Waals surface area contributed by atoms with Crippen LogP contribution in [0.15, 0.2) is 73.8 Å². The molecule has 40 heavy (non-hydrogen) atoms. The number of benzene rings is 2. The highest BCUT2D eigenvalue weighted by Crippen LogP contribution is 2.37. The number of carbonyl (C=O) groups is 3. The van der Waals surface area contributed by atoms with Gasteiger partial charge in [-0.3, -0.25) is 15.1 Å². The standard InChI is InChI=1S/C31H36N4O5/c1-8-12-25(35-30(38)40-31(4,5)6)27-18-23(21-13-10-11-14-24(21)33-27)22-16-15-20(32-29(37)39-7)17-26(22)34-28(36)19(3)9-2/h8-11,13-19,25H,1-2,12H2,3-7H3,(H,32,37)(H,34,36)(H,35,38)/t19-,25+/m1/s1. The van der Waals surface area contributed by atoms with Crippen molar-refractivity contribution < 1.29 is 23.9 Å². The van der Waals surface area contributed by atoms with E-state index in [1.54, 1.807) is 58.0 Å². The number of para-hydroxylation sites is 1. The number of pyridine rings is 1. The zero-order valence-corrected chi connectivity index (χ0v) is 23.5. The predicted octanol–water partition coefficient (Wildman–Crippen LogP) is 6.98. The van der Waals surface area contributed by atoms with E-state index in [1.807, 2.05) is 30.3 Å². The fraction of sp³-hybridized carbons (Fsp3) is 0.290. The molecule has 2 atom stereocenters. The second-order valence-corrected chi connectivity index (χ2v) is 10.2. The smallest absolute Gasteiger partial charge is 0.411 e. The van der Waals surface area contributed by atoms with Crippen LogP contribution >= 0.6 is 0 Å². The first-order valence-electron chi connectivity index (χ1n) is 12.9. The number of fused-ring (bicyclic) bond motifs is 1. The molecule has 2 aromatic carbocycles. The van der Waals surface area contributed by atoms with Crippen molar-refractivity contribution in [2.24, 2.45) is 5.92 Å². The summed E-state index contributed by atoms with van der Waals surface area (Å²) in [4.78, 5) is 42.3. The number of alkyl carbamates (subject to hydrolysis) is 1. The third-order valence-electron chi connectivity index (χ3n) is 5.95. The zero-order chi connectivity index (χ0) is 29.4. The number of ether oxygens (including phenoxy) is 2. The summed E-state index contributed by atoms with van der Waals surface area (Å²) in [5, 5.41) is 9.33. The van der Waals surface area contributed by atoms with E-state index in [4.69, 9.17) is 14.5 Å². The van der Waals surface area contributed by atoms with Gasteiger partial charge in [0.1, 0.15) is 5.60 Å². The van der Waals surface area contributed by atoms with E-state index in [9.17, 15) is 14.4 Å². The second-order valence-electron chi connectivity index (χ2n) is 10.2. The van der Waals surface area contributed by atoms with Crippen LogP contribution < -0.4 is 16.0 Å². The molecule has 0 aliphatic heterocycles. The van der Waals surface area contributed by atoms with Gasteiger partial charge in [0.05, 0.1) is 36.0 Å². The Morgan fingerprint density at radius 3 is 2.38 bits per heavy atom. The number of nitrogens with zero attached hydrogens (tertiary/aromatic N) is 1. The van der Waals surface area contributed by atoms with Gasteiger partial charge in [-0.05, 0) is 57.0 Å². The number of anilines is 2. The van der Waals surface area contributed by atoms with Crippen LogP contribution in [0.2, 0.25) is 0 Å². The first-order valence-corrected chi connectivity index (χ1v) is 12.9. The molecule has 1 aromatic heterocycles. The van der Waals surface area contributed by atoms with Gasteiger partial charge in [0, 0.05) is 16.6 Å². The van der Waals surface area contributed by atoms with Crippen LogP contribution in [0.5, 0.6) is 0 Å². The summed E-state index contributed by atoms with van der Waals surface area (Å²) >= 11 is 0. The highest BCUT2D eigenvalue weighted by atomic mass is 16.6. The van der Waals surface area contributed by atoms with Gasteiger partial charge in [0.2, 0.25) is 5.91 Å². The number of hydrogen-bond donors (Lipinski definition) is 3. The largest absolute Gasteiger partial charge is 0.453 e. The molecule has 0 bridgehead atoms. The van der Waals surface area contributed by atoms with Crippen LogP contribution in [0.25, 0.3) is 22.0 Å². The van der Waals surface area contributed by atoms with Gasteiger partial charge >= 0.3 is 12.2 Å². The minimum Gasteiger partial charge on any atom is -0.453 e. The molecule has 0 unspecified atom stereocenters. The maximum Gasteiger partial charge on any atom is 0.411 e. The molecule has 210 valence electrons. The highest BCUT2D eigenvalue weighted by molar-refractivity contribution is 6.04. The first-order chi connectivity index (χ1) is 18.9. The van der Waals surface area contributed by atoms with Gasteiger partial charge in [-0.2, -0.15) is 0 Å². The minimum absolute atomic E-state index is 0.263. The number of rotatable bonds is 9. The molecule has 0 spiro atoms. The van der Waals surface area contributed by atoms with Crippen LogP contribution in [0.1, 0.15) is 45.9 Å². The first kappa shape index (κ1) is 29.9. The molecule has 0 aliphatic carbocycles. The van der Waals surface area contributed by atoms with E-state index in [0.717, 1.165) is 10.9 Å². The topological polar surface area (TPSA) is 119 Å². The molecule has 1 heterocycles. The van der Waals surface area contributed by atoms with Gasteiger partial charge in [0.25, 0.3) is 0 Å². The van der Waals surface area contributed by atoms with Gasteiger partial charge in [-0.15, -0.1) is 13.2 Å². The molecule has 3 rings (SSSR count). The van der Waals surface area contributed by atoms with Crippen molar-refractivity contribution in [1.29, 1.82) is 0 Å². The molecular formula is C31H36N4O5. The summed E-state index contributed by atoms with van der Waals surface area (Å²) in [5.41, 5.74) is 2.99. The Balaban J connectivity index is 2.19. The maximum absolute atomic E-state index is 12.9. The Labute approximate surface area is 234 Å². The van der Waals surface area contributed by atoms with E-state index >= 15 is 0 Å². The molecule has 0 saturated carbocycles. The molecule has 3 aromatic rings. The average Bonchev–Trinajstić information content (AvgIpc) is 2.90. The Bertz CT molecular complexity index is 1430. The van der Waals surface area contributed by atoms with Gasteiger partial charge < -0.3 is 20.1 Å². The number of amides is 3. The Kier molecular flexibility index (Phi) is 9.66. The molecule has 9 nitrogen and oxygen atoms in total. The van der Waals surface area contributed by atoms with E-state index in [0.29, 0.717) is 34.6 Å². The lowest BCUT2D eigenvalue weighted by atomic mass is 9.95. The fourth-order valence-corrected chi connectivity index (χ4v) is 3.95. The highest BCUT2D eigenvalue weighted by Gasteiger charge is 2.23. The maximum atomic E-state index is 12.9. The minimum atomic E-state index is -0.666. The van der Waals surface area contributed by atoms with Crippen molar-refractivity contribution in [1.82, 2.24) is 10.3 Å². The lowest BCUT2D eigenvalue weighted by Crippen LogP contribution is -2.35. The molecule has 0 fully saturated rings. The SMILES string of the molecule is C=CC[C@H](NC(=O)OC(C)(C)C)c1cc(-c2ccc(NC(=O)OC)cc2NC(=O)[C@H](C)C=C)c2ccccc2n1. The Morgan fingerprint density at radius 1 is 1.00 bits per heavy atom. The third kappa shape index (κ3) is 7.69. The van der Waals surface area contributed by atoms with Gasteiger partial charge in [-0.25, -0.2) is 9.59 Å². The van der Waals surface area contributed by atoms with Crippen LogP contribution in [0.3, 0.4) is 0 Å². The van der Waals surface area contributed by atoms with E-state index < -0.39 is 29.7 Å². The summed E-state index contributed by atoms with van der Waals surface area (Å²) in [6.45, 7) is 14.7. The lowest BCUT2D eigenvalue weighted by molar-refractivity contribution is -0.118. The second kappa shape index (κ2) is 12.9. The van der Waals surface area contributed by atoms with Gasteiger partial charge in [-0.1, -0.05) is 43.3 Å². The van der Waals surface area contributed by atoms with Crippen molar-refractivity contribution in [3.63, 3.8) is 0 Å². The van der Waals surface area contributed by atoms with Crippen molar-refractivity contribution in [2.45, 2.75) is 45.8 Å². The number of hydrogen-bond acceptors (Lipinski definition) is 6. The fourth-order valence-electron chi connectivity index (χ4n) is 3.95. The van der Waals surface area contributed by atoms with E-state index in [1.165, 1.54) is 7.11 Å². The summed E-state index contributed by atoms with van der Waals surface area (Å²) in [7, 11) is 1.27. The monoisotopic (exact) mass is 544 g/mol. The molecule has 3 N–H and O–H groups in total. The molecule has 9 heteroatoms. The van der Waals surface area contributed by atoms with Crippen LogP contribution in [-0.4, -0.2) is 35.8 Å². The number of nitrogens with one attached hydrogen (secondary N) is 3. The van der Waals surface area contributed by atoms with Crippen LogP contribution in [-0.2, 0) is 14.3 Å². The van der Waals surface area contributed by atoms with Crippen molar-refractivity contribution >= 4 is 40.4 Å². The van der Waals surface area contributed by atoms with E-state index in [-0.39, 0.29) is 5.91 Å². The van der Waals surface area contributed by atoms with Crippen molar-refractivity contribution in [2.75, 3.05) is 17.7 Å².